The SMILES string of the molecule is CN1CCCC(CCCC2(CCCC3CCCN(C)C3)C(=O)N(c3ccccc3)c3ccccc32)C1. The number of hydrogen-bond donors (Lipinski definition) is 0. The van der Waals surface area contributed by atoms with Crippen LogP contribution in [0.25, 0.3) is 0 Å². The van der Waals surface area contributed by atoms with Crippen LogP contribution in [-0.2, 0) is 10.2 Å². The Morgan fingerprint density at radius 1 is 0.778 bits per heavy atom. The molecule has 0 radical (unpaired) electrons. The summed E-state index contributed by atoms with van der Waals surface area (Å²) in [5.41, 5.74) is 2.97. The molecule has 0 aromatic heterocycles. The average molecular weight is 488 g/mol. The van der Waals surface area contributed by atoms with Crippen LogP contribution in [0.3, 0.4) is 0 Å². The molecule has 3 aliphatic heterocycles. The first-order valence-corrected chi connectivity index (χ1v) is 14.4. The maximum atomic E-state index is 14.5. The number of fused-ring (bicyclic) bond motifs is 1. The van der Waals surface area contributed by atoms with Gasteiger partial charge in [0.25, 0.3) is 0 Å². The fourth-order valence-electron chi connectivity index (χ4n) is 7.36. The summed E-state index contributed by atoms with van der Waals surface area (Å²) in [5, 5.41) is 0. The van der Waals surface area contributed by atoms with Crippen molar-refractivity contribution in [2.24, 2.45) is 11.8 Å². The molecule has 3 aliphatic rings. The van der Waals surface area contributed by atoms with Crippen LogP contribution in [0, 0.1) is 11.8 Å². The van der Waals surface area contributed by atoms with Gasteiger partial charge in [0.15, 0.2) is 0 Å². The monoisotopic (exact) mass is 487 g/mol. The van der Waals surface area contributed by atoms with E-state index in [1.807, 2.05) is 23.1 Å². The minimum atomic E-state index is -0.395. The van der Waals surface area contributed by atoms with Crippen molar-refractivity contribution in [1.29, 1.82) is 0 Å². The second kappa shape index (κ2) is 11.5. The molecule has 0 bridgehead atoms. The molecule has 3 heterocycles. The van der Waals surface area contributed by atoms with Crippen LogP contribution in [0.5, 0.6) is 0 Å². The molecule has 0 saturated carbocycles. The largest absolute Gasteiger partial charge is 0.306 e. The summed E-state index contributed by atoms with van der Waals surface area (Å²) in [6.07, 6.45) is 12.0. The Hall–Kier alpha value is -2.17. The number of benzene rings is 2. The van der Waals surface area contributed by atoms with Gasteiger partial charge in [-0.1, -0.05) is 49.2 Å². The van der Waals surface area contributed by atoms with Crippen LogP contribution in [0.4, 0.5) is 11.4 Å². The molecule has 5 rings (SSSR count). The molecular weight excluding hydrogens is 442 g/mol. The summed E-state index contributed by atoms with van der Waals surface area (Å²) < 4.78 is 0. The summed E-state index contributed by atoms with van der Waals surface area (Å²) in [6.45, 7) is 4.88. The molecule has 36 heavy (non-hydrogen) atoms. The average Bonchev–Trinajstić information content (AvgIpc) is 3.13. The normalized spacial score (nSPS) is 27.4. The molecule has 4 heteroatoms. The van der Waals surface area contributed by atoms with Crippen molar-refractivity contribution in [1.82, 2.24) is 9.80 Å². The van der Waals surface area contributed by atoms with E-state index in [0.29, 0.717) is 5.91 Å². The van der Waals surface area contributed by atoms with Gasteiger partial charge in [0.05, 0.1) is 11.1 Å². The van der Waals surface area contributed by atoms with E-state index < -0.39 is 5.41 Å². The van der Waals surface area contributed by atoms with Crippen molar-refractivity contribution >= 4 is 17.3 Å². The number of para-hydroxylation sites is 2. The Bertz CT molecular complexity index is 977. The summed E-state index contributed by atoms with van der Waals surface area (Å²) >= 11 is 0. The lowest BCUT2D eigenvalue weighted by molar-refractivity contribution is -0.123. The van der Waals surface area contributed by atoms with Crippen LogP contribution < -0.4 is 4.90 Å². The van der Waals surface area contributed by atoms with Crippen LogP contribution in [0.15, 0.2) is 54.6 Å². The second-order valence-electron chi connectivity index (χ2n) is 11.9. The smallest absolute Gasteiger partial charge is 0.242 e. The van der Waals surface area contributed by atoms with E-state index in [4.69, 9.17) is 0 Å². The molecule has 2 aromatic rings. The highest BCUT2D eigenvalue weighted by Crippen LogP contribution is 2.51. The van der Waals surface area contributed by atoms with E-state index in [0.717, 1.165) is 48.9 Å². The third kappa shape index (κ3) is 5.40. The van der Waals surface area contributed by atoms with Crippen molar-refractivity contribution < 1.29 is 4.79 Å². The van der Waals surface area contributed by atoms with Gasteiger partial charge in [-0.05, 0) is 114 Å². The van der Waals surface area contributed by atoms with Gasteiger partial charge in [0.2, 0.25) is 5.91 Å². The number of rotatable bonds is 9. The number of carbonyl (C=O) groups excluding carboxylic acids is 1. The topological polar surface area (TPSA) is 26.8 Å². The Balaban J connectivity index is 1.38. The highest BCUT2D eigenvalue weighted by molar-refractivity contribution is 6.12. The molecular formula is C32H45N3O. The van der Waals surface area contributed by atoms with Crippen molar-refractivity contribution in [3.63, 3.8) is 0 Å². The first-order valence-electron chi connectivity index (χ1n) is 14.4. The number of hydrogen-bond acceptors (Lipinski definition) is 3. The van der Waals surface area contributed by atoms with Gasteiger partial charge in [0.1, 0.15) is 0 Å². The van der Waals surface area contributed by atoms with Crippen molar-refractivity contribution in [3.8, 4) is 0 Å². The maximum absolute atomic E-state index is 14.5. The van der Waals surface area contributed by atoms with Crippen LogP contribution in [0.1, 0.15) is 69.8 Å². The van der Waals surface area contributed by atoms with E-state index in [1.54, 1.807) is 0 Å². The summed E-state index contributed by atoms with van der Waals surface area (Å²) in [6, 6.07) is 18.9. The van der Waals surface area contributed by atoms with Crippen LogP contribution in [-0.4, -0.2) is 56.0 Å². The van der Waals surface area contributed by atoms with E-state index in [2.05, 4.69) is 60.3 Å². The van der Waals surface area contributed by atoms with Gasteiger partial charge < -0.3 is 9.80 Å². The molecule has 194 valence electrons. The van der Waals surface area contributed by atoms with Gasteiger partial charge in [-0.15, -0.1) is 0 Å². The van der Waals surface area contributed by atoms with Gasteiger partial charge in [0, 0.05) is 18.8 Å². The third-order valence-electron chi connectivity index (χ3n) is 9.16. The van der Waals surface area contributed by atoms with E-state index in [-0.39, 0.29) is 0 Å². The lowest BCUT2D eigenvalue weighted by Gasteiger charge is -2.33. The minimum absolute atomic E-state index is 0.302. The predicted molar refractivity (Wildman–Crippen MR) is 150 cm³/mol. The summed E-state index contributed by atoms with van der Waals surface area (Å²) in [7, 11) is 4.51. The number of anilines is 2. The number of carbonyl (C=O) groups is 1. The molecule has 1 amide bonds. The van der Waals surface area contributed by atoms with Gasteiger partial charge in [-0.3, -0.25) is 9.69 Å². The molecule has 0 spiro atoms. The minimum Gasteiger partial charge on any atom is -0.306 e. The first kappa shape index (κ1) is 25.5. The van der Waals surface area contributed by atoms with Gasteiger partial charge in [-0.25, -0.2) is 0 Å². The zero-order valence-electron chi connectivity index (χ0n) is 22.5. The van der Waals surface area contributed by atoms with Crippen molar-refractivity contribution in [2.45, 2.75) is 69.6 Å². The van der Waals surface area contributed by atoms with Crippen LogP contribution >= 0.6 is 0 Å². The zero-order chi connectivity index (χ0) is 25.0. The van der Waals surface area contributed by atoms with E-state index in [1.165, 1.54) is 70.3 Å². The Kier molecular flexibility index (Phi) is 8.12. The molecule has 4 nitrogen and oxygen atoms in total. The second-order valence-corrected chi connectivity index (χ2v) is 11.9. The van der Waals surface area contributed by atoms with Crippen LogP contribution in [0.2, 0.25) is 0 Å². The number of piperidine rings is 2. The molecule has 2 saturated heterocycles. The summed E-state index contributed by atoms with van der Waals surface area (Å²) in [4.78, 5) is 21.5. The Labute approximate surface area is 218 Å². The lowest BCUT2D eigenvalue weighted by Crippen LogP contribution is -2.39. The molecule has 2 unspecified atom stereocenters. The standard InChI is InChI=1S/C32H45N3O/c1-33-22-10-14-26(24-33)12-8-20-32(21-9-13-27-15-11-23-34(2)25-27)29-18-6-7-19-30(29)35(31(32)36)28-16-4-3-5-17-28/h3-7,16-19,26-27H,8-15,20-25H2,1-2H3. The quantitative estimate of drug-likeness (QED) is 0.397. The highest BCUT2D eigenvalue weighted by atomic mass is 16.2. The first-order chi connectivity index (χ1) is 17.6. The molecule has 2 fully saturated rings. The van der Waals surface area contributed by atoms with Gasteiger partial charge >= 0.3 is 0 Å². The fourth-order valence-corrected chi connectivity index (χ4v) is 7.36. The number of likely N-dealkylation sites (tertiary alicyclic amines) is 2. The molecule has 2 aromatic carbocycles. The van der Waals surface area contributed by atoms with Crippen molar-refractivity contribution in [2.75, 3.05) is 45.2 Å². The molecule has 0 aliphatic carbocycles. The Morgan fingerprint density at radius 2 is 1.33 bits per heavy atom. The van der Waals surface area contributed by atoms with E-state index in [9.17, 15) is 4.79 Å². The summed E-state index contributed by atoms with van der Waals surface area (Å²) in [5.74, 6) is 1.85. The van der Waals surface area contributed by atoms with Gasteiger partial charge in [-0.2, -0.15) is 0 Å². The number of amides is 1. The molecule has 0 N–H and O–H groups in total. The number of nitrogens with zero attached hydrogens (tertiary/aromatic N) is 3. The third-order valence-corrected chi connectivity index (χ3v) is 9.16. The Morgan fingerprint density at radius 3 is 1.92 bits per heavy atom. The molecule has 2 atom stereocenters. The highest BCUT2D eigenvalue weighted by Gasteiger charge is 2.50. The van der Waals surface area contributed by atoms with E-state index >= 15 is 0 Å². The van der Waals surface area contributed by atoms with Crippen molar-refractivity contribution in [3.05, 3.63) is 60.2 Å². The zero-order valence-corrected chi connectivity index (χ0v) is 22.5. The lowest BCUT2D eigenvalue weighted by atomic mass is 9.72. The fraction of sp³-hybridized carbons (Fsp3) is 0.594. The predicted octanol–water partition coefficient (Wildman–Crippen LogP) is 6.63. The maximum Gasteiger partial charge on any atom is 0.242 e.